The normalized spacial score (nSPS) is 13.4. The molecule has 0 amide bonds. The van der Waals surface area contributed by atoms with Gasteiger partial charge in [0.2, 0.25) is 11.6 Å². The molecule has 0 N–H and O–H groups in total. The molecule has 56 heavy (non-hydrogen) atoms. The highest BCUT2D eigenvalue weighted by molar-refractivity contribution is 6.40. The Bertz CT molecular complexity index is 2760. The van der Waals surface area contributed by atoms with E-state index in [-0.39, 0.29) is 11.6 Å². The average Bonchev–Trinajstić information content (AvgIpc) is 3.65. The highest BCUT2D eigenvalue weighted by Gasteiger charge is 2.56. The molecule has 0 aliphatic heterocycles. The van der Waals surface area contributed by atoms with Crippen molar-refractivity contribution in [3.05, 3.63) is 146 Å². The van der Waals surface area contributed by atoms with Crippen LogP contribution in [0.3, 0.4) is 0 Å². The summed E-state index contributed by atoms with van der Waals surface area (Å²) in [6, 6.07) is 4.68. The van der Waals surface area contributed by atoms with Gasteiger partial charge in [-0.2, -0.15) is 17.6 Å². The van der Waals surface area contributed by atoms with Gasteiger partial charge in [-0.1, -0.05) is 12.1 Å². The maximum atomic E-state index is 16.0. The van der Waals surface area contributed by atoms with Crippen LogP contribution in [0.1, 0.15) is 22.3 Å². The van der Waals surface area contributed by atoms with Crippen molar-refractivity contribution in [2.24, 2.45) is 0 Å². The van der Waals surface area contributed by atoms with Gasteiger partial charge in [0.1, 0.15) is 34.8 Å². The van der Waals surface area contributed by atoms with Gasteiger partial charge in [-0.25, -0.2) is 52.7 Å². The van der Waals surface area contributed by atoms with Crippen molar-refractivity contribution >= 4 is 18.1 Å². The summed E-state index contributed by atoms with van der Waals surface area (Å²) in [5.41, 5.74) is -11.6. The molecule has 20 heteroatoms. The summed E-state index contributed by atoms with van der Waals surface area (Å²) in [7, 11) is -3.27. The molecular weight excluding hydrogens is 795 g/mol. The van der Waals surface area contributed by atoms with Gasteiger partial charge in [0, 0.05) is 45.7 Å². The molecule has 0 bridgehead atoms. The van der Waals surface area contributed by atoms with Crippen LogP contribution in [0.4, 0.5) is 70.2 Å². The van der Waals surface area contributed by atoms with Gasteiger partial charge in [0.15, 0.2) is 52.3 Å². The fourth-order valence-electron chi connectivity index (χ4n) is 6.80. The quantitative estimate of drug-likeness (QED) is 0.0725. The number of alkyl halides is 2. The van der Waals surface area contributed by atoms with Crippen LogP contribution >= 0.6 is 0 Å². The molecule has 0 unspecified atom stereocenters. The minimum absolute atomic E-state index is 0.118. The molecule has 0 radical (unpaired) electrons. The first-order chi connectivity index (χ1) is 26.4. The SMILES string of the molecule is Fc1cc(F)c2c(F)ccc(OB(Oc3c(F)c(F)c(F)c4c3Cc3cccc(F)c3-4)Oc3c(F)c(F)c(F)c4c3C(F)(F)c3c(F)c(F)c(F)c(F)c3-4)c2c1. The molecule has 2 aliphatic rings. The van der Waals surface area contributed by atoms with Crippen molar-refractivity contribution in [1.82, 2.24) is 0 Å². The zero-order chi connectivity index (χ0) is 40.4. The first-order valence-corrected chi connectivity index (χ1v) is 15.4. The van der Waals surface area contributed by atoms with E-state index in [2.05, 4.69) is 0 Å². The molecule has 286 valence electrons. The average molecular weight is 804 g/mol. The molecule has 6 aromatic rings. The van der Waals surface area contributed by atoms with Gasteiger partial charge in [0.05, 0.1) is 16.5 Å². The fraction of sp³-hybridized carbons (Fsp3) is 0.0556. The van der Waals surface area contributed by atoms with Gasteiger partial charge >= 0.3 is 13.2 Å². The van der Waals surface area contributed by atoms with Crippen molar-refractivity contribution in [1.29, 1.82) is 0 Å². The van der Waals surface area contributed by atoms with E-state index in [1.807, 2.05) is 0 Å². The summed E-state index contributed by atoms with van der Waals surface area (Å²) in [6.45, 7) is 0. The standard InChI is InChI=1S/C36H9BF16O3/c38-10-7-11-16(5-4-14(40)18(11)15(41)8-10)54-37(55-34-12-6-9-2-1-3-13(39)17(9)19(12)24(42)29(47)32(34)50)56-35-23-21(26(44)30(48)33(35)51)20-22(36(23,52)53)27(45)31(49)28(46)25(20)43/h1-5,7-8H,6H2. The third-order valence-electron chi connectivity index (χ3n) is 9.12. The number of rotatable bonds is 6. The largest absolute Gasteiger partial charge is 0.864 e. The Kier molecular flexibility index (Phi) is 8.21. The predicted octanol–water partition coefficient (Wildman–Crippen LogP) is 11.0. The topological polar surface area (TPSA) is 27.7 Å². The lowest BCUT2D eigenvalue weighted by Gasteiger charge is -2.23. The summed E-state index contributed by atoms with van der Waals surface area (Å²) in [6.07, 6.45) is -0.688. The molecular formula is C36H9BF16O3. The molecule has 6 aromatic carbocycles. The summed E-state index contributed by atoms with van der Waals surface area (Å²) in [4.78, 5) is 0. The van der Waals surface area contributed by atoms with Gasteiger partial charge < -0.3 is 14.0 Å². The molecule has 3 nitrogen and oxygen atoms in total. The van der Waals surface area contributed by atoms with Crippen LogP contribution in [0, 0.1) is 81.4 Å². The van der Waals surface area contributed by atoms with E-state index in [9.17, 15) is 35.1 Å². The molecule has 8 rings (SSSR count). The second-order valence-electron chi connectivity index (χ2n) is 12.2. The lowest BCUT2D eigenvalue weighted by atomic mass is 10.0. The Balaban J connectivity index is 1.37. The second kappa shape index (κ2) is 12.5. The van der Waals surface area contributed by atoms with Crippen LogP contribution in [-0.2, 0) is 12.3 Å². The van der Waals surface area contributed by atoms with Crippen molar-refractivity contribution in [3.8, 4) is 39.5 Å². The number of fused-ring (bicyclic) bond motifs is 7. The Morgan fingerprint density at radius 1 is 0.482 bits per heavy atom. The number of hydrogen-bond donors (Lipinski definition) is 0. The summed E-state index contributed by atoms with van der Waals surface area (Å²) >= 11 is 0. The highest BCUT2D eigenvalue weighted by Crippen LogP contribution is 2.59. The molecule has 0 fully saturated rings. The smallest absolute Gasteiger partial charge is 0.489 e. The Hall–Kier alpha value is -6.08. The van der Waals surface area contributed by atoms with Crippen molar-refractivity contribution in [2.45, 2.75) is 12.3 Å². The van der Waals surface area contributed by atoms with Crippen LogP contribution in [0.25, 0.3) is 33.0 Å². The minimum atomic E-state index is -5.36. The molecule has 0 aromatic heterocycles. The third kappa shape index (κ3) is 5.02. The summed E-state index contributed by atoms with van der Waals surface area (Å²) in [5.74, 6) is -41.9. The molecule has 0 saturated carbocycles. The van der Waals surface area contributed by atoms with E-state index < -0.39 is 168 Å². The van der Waals surface area contributed by atoms with Crippen molar-refractivity contribution in [3.63, 3.8) is 0 Å². The van der Waals surface area contributed by atoms with Crippen LogP contribution in [0.5, 0.6) is 17.2 Å². The minimum Gasteiger partial charge on any atom is -0.489 e. The van der Waals surface area contributed by atoms with E-state index >= 15 is 35.1 Å². The van der Waals surface area contributed by atoms with E-state index in [0.717, 1.165) is 12.1 Å². The van der Waals surface area contributed by atoms with Gasteiger partial charge in [-0.05, 0) is 29.8 Å². The zero-order valence-corrected chi connectivity index (χ0v) is 26.6. The second-order valence-corrected chi connectivity index (χ2v) is 12.2. The Morgan fingerprint density at radius 3 is 1.73 bits per heavy atom. The van der Waals surface area contributed by atoms with E-state index in [0.29, 0.717) is 18.2 Å². The van der Waals surface area contributed by atoms with E-state index in [4.69, 9.17) is 14.0 Å². The molecule has 0 spiro atoms. The van der Waals surface area contributed by atoms with Crippen LogP contribution < -0.4 is 14.0 Å². The molecule has 0 saturated heterocycles. The van der Waals surface area contributed by atoms with Crippen molar-refractivity contribution < 1.29 is 84.2 Å². The first kappa shape index (κ1) is 36.9. The molecule has 2 aliphatic carbocycles. The Labute approximate surface area is 300 Å². The van der Waals surface area contributed by atoms with Gasteiger partial charge in [-0.15, -0.1) is 0 Å². The zero-order valence-electron chi connectivity index (χ0n) is 26.6. The fourth-order valence-corrected chi connectivity index (χ4v) is 6.80. The van der Waals surface area contributed by atoms with Crippen LogP contribution in [0.15, 0.2) is 42.5 Å². The summed E-state index contributed by atoms with van der Waals surface area (Å²) < 4.78 is 256. The van der Waals surface area contributed by atoms with Crippen molar-refractivity contribution in [2.75, 3.05) is 0 Å². The summed E-state index contributed by atoms with van der Waals surface area (Å²) in [5, 5.41) is -1.95. The van der Waals surface area contributed by atoms with Gasteiger partial charge in [-0.3, -0.25) is 0 Å². The number of halogens is 16. The third-order valence-corrected chi connectivity index (χ3v) is 9.12. The van der Waals surface area contributed by atoms with E-state index in [1.165, 1.54) is 6.07 Å². The number of hydrogen-bond acceptors (Lipinski definition) is 3. The van der Waals surface area contributed by atoms with Crippen LogP contribution in [-0.4, -0.2) is 7.32 Å². The van der Waals surface area contributed by atoms with Gasteiger partial charge in [0.25, 0.3) is 0 Å². The predicted molar refractivity (Wildman–Crippen MR) is 161 cm³/mol. The number of benzene rings is 6. The van der Waals surface area contributed by atoms with Crippen LogP contribution in [0.2, 0.25) is 0 Å². The molecule has 0 heterocycles. The van der Waals surface area contributed by atoms with E-state index in [1.54, 1.807) is 0 Å². The maximum Gasteiger partial charge on any atom is 0.864 e. The molecule has 0 atom stereocenters. The lowest BCUT2D eigenvalue weighted by Crippen LogP contribution is -2.39. The first-order valence-electron chi connectivity index (χ1n) is 15.4. The monoisotopic (exact) mass is 804 g/mol. The Morgan fingerprint density at radius 2 is 1.05 bits per heavy atom. The maximum absolute atomic E-state index is 16.0. The lowest BCUT2D eigenvalue weighted by molar-refractivity contribution is 0.0401. The highest BCUT2D eigenvalue weighted by atomic mass is 19.3.